The molecule has 156 valence electrons. The Morgan fingerprint density at radius 2 is 1.87 bits per heavy atom. The molecule has 2 N–H and O–H groups in total. The van der Waals surface area contributed by atoms with Gasteiger partial charge in [-0.25, -0.2) is 4.68 Å². The second kappa shape index (κ2) is 7.98. The first kappa shape index (κ1) is 20.2. The molecule has 0 fully saturated rings. The molecule has 8 nitrogen and oxygen atoms in total. The van der Waals surface area contributed by atoms with Crippen molar-refractivity contribution in [2.75, 3.05) is 0 Å². The normalized spacial score (nSPS) is 16.0. The molecule has 1 aliphatic carbocycles. The maximum atomic E-state index is 12.5. The highest BCUT2D eigenvalue weighted by molar-refractivity contribution is 7.14. The standard InChI is InChI=1S/C21H24N6O2S/c1-21(2,3)15-6-9-17-14(10-15)11-18(30-17)20(29)24-23-19(28)13-4-7-16(8-5-13)27-12-22-25-26-27/h4-5,7-8,11-12,15H,6,9-10H2,1-3H3,(H,23,28)(H,24,29)/t15-/m0/s1. The zero-order valence-electron chi connectivity index (χ0n) is 17.2. The molecule has 0 saturated carbocycles. The molecule has 30 heavy (non-hydrogen) atoms. The van der Waals surface area contributed by atoms with Crippen molar-refractivity contribution in [3.63, 3.8) is 0 Å². The van der Waals surface area contributed by atoms with Crippen molar-refractivity contribution < 1.29 is 9.59 Å². The van der Waals surface area contributed by atoms with E-state index in [0.717, 1.165) is 24.9 Å². The van der Waals surface area contributed by atoms with Gasteiger partial charge >= 0.3 is 0 Å². The second-order valence-corrected chi connectivity index (χ2v) is 9.71. The molecule has 0 spiro atoms. The summed E-state index contributed by atoms with van der Waals surface area (Å²) in [6.07, 6.45) is 4.63. The summed E-state index contributed by atoms with van der Waals surface area (Å²) in [6, 6.07) is 8.72. The van der Waals surface area contributed by atoms with Crippen LogP contribution in [0, 0.1) is 11.3 Å². The number of benzene rings is 1. The van der Waals surface area contributed by atoms with Crippen LogP contribution in [0.2, 0.25) is 0 Å². The molecule has 0 aliphatic heterocycles. The largest absolute Gasteiger partial charge is 0.279 e. The maximum absolute atomic E-state index is 12.5. The van der Waals surface area contributed by atoms with Gasteiger partial charge in [0.15, 0.2) is 0 Å². The van der Waals surface area contributed by atoms with Crippen LogP contribution in [0.4, 0.5) is 0 Å². The number of carbonyl (C=O) groups is 2. The highest BCUT2D eigenvalue weighted by Crippen LogP contribution is 2.40. The average Bonchev–Trinajstić information content (AvgIpc) is 3.40. The third kappa shape index (κ3) is 4.25. The van der Waals surface area contributed by atoms with Crippen LogP contribution in [-0.2, 0) is 12.8 Å². The number of aryl methyl sites for hydroxylation is 1. The molecule has 1 aliphatic rings. The molecular formula is C21H24N6O2S. The molecule has 4 rings (SSSR count). The molecule has 3 aromatic rings. The van der Waals surface area contributed by atoms with Gasteiger partial charge in [-0.05, 0) is 76.9 Å². The van der Waals surface area contributed by atoms with Crippen molar-refractivity contribution in [1.29, 1.82) is 0 Å². The Labute approximate surface area is 178 Å². The highest BCUT2D eigenvalue weighted by atomic mass is 32.1. The Balaban J connectivity index is 1.36. The Bertz CT molecular complexity index is 1050. The molecule has 1 atom stereocenters. The van der Waals surface area contributed by atoms with E-state index in [0.29, 0.717) is 16.4 Å². The van der Waals surface area contributed by atoms with Gasteiger partial charge in [0.05, 0.1) is 10.6 Å². The van der Waals surface area contributed by atoms with Gasteiger partial charge in [-0.1, -0.05) is 20.8 Å². The first-order chi connectivity index (χ1) is 14.3. The van der Waals surface area contributed by atoms with Gasteiger partial charge in [0, 0.05) is 10.4 Å². The number of nitrogens with zero attached hydrogens (tertiary/aromatic N) is 4. The molecule has 2 aromatic heterocycles. The van der Waals surface area contributed by atoms with E-state index in [1.54, 1.807) is 24.3 Å². The number of hydrazine groups is 1. The fraction of sp³-hybridized carbons (Fsp3) is 0.381. The molecule has 9 heteroatoms. The minimum absolute atomic E-state index is 0.260. The summed E-state index contributed by atoms with van der Waals surface area (Å²) in [5, 5.41) is 11.0. The second-order valence-electron chi connectivity index (χ2n) is 8.57. The third-order valence-corrected chi connectivity index (χ3v) is 6.80. The van der Waals surface area contributed by atoms with E-state index in [1.807, 2.05) is 6.07 Å². The predicted octanol–water partition coefficient (Wildman–Crippen LogP) is 2.95. The number of tetrazole rings is 1. The molecule has 0 radical (unpaired) electrons. The van der Waals surface area contributed by atoms with Crippen molar-refractivity contribution >= 4 is 23.2 Å². The first-order valence-electron chi connectivity index (χ1n) is 9.87. The smallest absolute Gasteiger partial charge is 0.267 e. The fourth-order valence-corrected chi connectivity index (χ4v) is 4.77. The van der Waals surface area contributed by atoms with E-state index in [-0.39, 0.29) is 17.2 Å². The topological polar surface area (TPSA) is 102 Å². The number of rotatable bonds is 3. The number of thiophene rings is 1. The molecule has 0 saturated heterocycles. The van der Waals surface area contributed by atoms with E-state index in [1.165, 1.54) is 32.8 Å². The van der Waals surface area contributed by atoms with Gasteiger partial charge in [0.25, 0.3) is 11.8 Å². The summed E-state index contributed by atoms with van der Waals surface area (Å²) in [5.74, 6) is -0.0624. The van der Waals surface area contributed by atoms with Crippen LogP contribution in [0.5, 0.6) is 0 Å². The van der Waals surface area contributed by atoms with Gasteiger partial charge in [0.2, 0.25) is 0 Å². The Hall–Kier alpha value is -3.07. The average molecular weight is 425 g/mol. The van der Waals surface area contributed by atoms with E-state index in [9.17, 15) is 9.59 Å². The predicted molar refractivity (Wildman–Crippen MR) is 113 cm³/mol. The number of fused-ring (bicyclic) bond motifs is 1. The zero-order valence-corrected chi connectivity index (χ0v) is 18.0. The highest BCUT2D eigenvalue weighted by Gasteiger charge is 2.30. The van der Waals surface area contributed by atoms with Crippen LogP contribution >= 0.6 is 11.3 Å². The van der Waals surface area contributed by atoms with Crippen molar-refractivity contribution in [3.8, 4) is 5.69 Å². The first-order valence-corrected chi connectivity index (χ1v) is 10.7. The number of nitrogens with one attached hydrogen (secondary N) is 2. The molecular weight excluding hydrogens is 400 g/mol. The minimum atomic E-state index is -0.388. The fourth-order valence-electron chi connectivity index (χ4n) is 3.67. The van der Waals surface area contributed by atoms with Crippen LogP contribution in [-0.4, -0.2) is 32.0 Å². The van der Waals surface area contributed by atoms with E-state index >= 15 is 0 Å². The van der Waals surface area contributed by atoms with E-state index < -0.39 is 0 Å². The monoisotopic (exact) mass is 424 g/mol. The summed E-state index contributed by atoms with van der Waals surface area (Å²) < 4.78 is 1.49. The van der Waals surface area contributed by atoms with Crippen LogP contribution in [0.3, 0.4) is 0 Å². The van der Waals surface area contributed by atoms with E-state index in [2.05, 4.69) is 47.1 Å². The quantitative estimate of drug-likeness (QED) is 0.630. The minimum Gasteiger partial charge on any atom is -0.267 e. The van der Waals surface area contributed by atoms with E-state index in [4.69, 9.17) is 0 Å². The Morgan fingerprint density at radius 3 is 2.53 bits per heavy atom. The molecule has 0 unspecified atom stereocenters. The molecule has 2 amide bonds. The lowest BCUT2D eigenvalue weighted by molar-refractivity contribution is 0.0849. The van der Waals surface area contributed by atoms with Crippen molar-refractivity contribution in [2.45, 2.75) is 40.0 Å². The number of carbonyl (C=O) groups excluding carboxylic acids is 2. The molecule has 2 heterocycles. The SMILES string of the molecule is CC(C)(C)[C@H]1CCc2sc(C(=O)NNC(=O)c3ccc(-n4cnnn4)cc3)cc2C1. The van der Waals surface area contributed by atoms with Gasteiger partial charge in [-0.3, -0.25) is 20.4 Å². The lowest BCUT2D eigenvalue weighted by atomic mass is 9.72. The van der Waals surface area contributed by atoms with Gasteiger partial charge in [0.1, 0.15) is 6.33 Å². The summed E-state index contributed by atoms with van der Waals surface area (Å²) >= 11 is 1.52. The van der Waals surface area contributed by atoms with Crippen LogP contribution in [0.1, 0.15) is 57.7 Å². The lowest BCUT2D eigenvalue weighted by Gasteiger charge is -2.33. The summed E-state index contributed by atoms with van der Waals surface area (Å²) in [5.41, 5.74) is 7.69. The molecule has 0 bridgehead atoms. The van der Waals surface area contributed by atoms with Crippen LogP contribution < -0.4 is 10.9 Å². The van der Waals surface area contributed by atoms with Gasteiger partial charge in [-0.2, -0.15) is 0 Å². The van der Waals surface area contributed by atoms with Crippen molar-refractivity contribution in [1.82, 2.24) is 31.1 Å². The maximum Gasteiger partial charge on any atom is 0.279 e. The van der Waals surface area contributed by atoms with Crippen LogP contribution in [0.15, 0.2) is 36.7 Å². The summed E-state index contributed by atoms with van der Waals surface area (Å²) in [4.78, 5) is 26.8. The summed E-state index contributed by atoms with van der Waals surface area (Å²) in [6.45, 7) is 6.81. The van der Waals surface area contributed by atoms with Crippen molar-refractivity contribution in [2.24, 2.45) is 11.3 Å². The Kier molecular flexibility index (Phi) is 5.38. The zero-order chi connectivity index (χ0) is 21.3. The van der Waals surface area contributed by atoms with Crippen molar-refractivity contribution in [3.05, 3.63) is 57.5 Å². The Morgan fingerprint density at radius 1 is 1.13 bits per heavy atom. The lowest BCUT2D eigenvalue weighted by Crippen LogP contribution is -2.41. The number of aromatic nitrogens is 4. The number of hydrogen-bond acceptors (Lipinski definition) is 6. The van der Waals surface area contributed by atoms with Gasteiger partial charge < -0.3 is 0 Å². The third-order valence-electron chi connectivity index (χ3n) is 5.56. The van der Waals surface area contributed by atoms with Gasteiger partial charge in [-0.15, -0.1) is 16.4 Å². The number of amides is 2. The number of hydrogen-bond donors (Lipinski definition) is 2. The molecule has 1 aromatic carbocycles. The summed E-state index contributed by atoms with van der Waals surface area (Å²) in [7, 11) is 0. The van der Waals surface area contributed by atoms with Crippen LogP contribution in [0.25, 0.3) is 5.69 Å².